The highest BCUT2D eigenvalue weighted by molar-refractivity contribution is 5.99. The van der Waals surface area contributed by atoms with Crippen LogP contribution in [0, 0.1) is 5.82 Å². The molecule has 5 nitrogen and oxygen atoms in total. The number of anilines is 2. The minimum absolute atomic E-state index is 0.0206. The van der Waals surface area contributed by atoms with E-state index in [4.69, 9.17) is 0 Å². The van der Waals surface area contributed by atoms with Gasteiger partial charge in [-0.25, -0.2) is 9.18 Å². The number of hydrogen-bond acceptors (Lipinski definition) is 2. The molecule has 0 bridgehead atoms. The molecular formula is C18H18FN3O2. The number of nitrogens with one attached hydrogen (secondary N) is 3. The number of amides is 3. The van der Waals surface area contributed by atoms with E-state index in [2.05, 4.69) is 16.0 Å². The van der Waals surface area contributed by atoms with E-state index in [1.54, 1.807) is 24.3 Å². The van der Waals surface area contributed by atoms with Gasteiger partial charge in [0.2, 0.25) is 5.91 Å². The van der Waals surface area contributed by atoms with Gasteiger partial charge in [-0.1, -0.05) is 12.1 Å². The predicted molar refractivity (Wildman–Crippen MR) is 90.4 cm³/mol. The summed E-state index contributed by atoms with van der Waals surface area (Å²) in [5.74, 6) is -0.338. The molecule has 3 rings (SSSR count). The molecule has 0 spiro atoms. The van der Waals surface area contributed by atoms with E-state index in [1.807, 2.05) is 0 Å². The quantitative estimate of drug-likeness (QED) is 0.788. The molecule has 0 radical (unpaired) electrons. The Kier molecular flexibility index (Phi) is 4.74. The summed E-state index contributed by atoms with van der Waals surface area (Å²) in [6, 6.07) is 12.5. The van der Waals surface area contributed by atoms with Gasteiger partial charge in [-0.3, -0.25) is 4.79 Å². The van der Waals surface area contributed by atoms with Crippen LogP contribution in [0.5, 0.6) is 0 Å². The summed E-state index contributed by atoms with van der Waals surface area (Å²) < 4.78 is 12.8. The summed E-state index contributed by atoms with van der Waals surface area (Å²) >= 11 is 0. The zero-order valence-electron chi connectivity index (χ0n) is 13.0. The summed E-state index contributed by atoms with van der Waals surface area (Å²) in [5, 5.41) is 8.23. The predicted octanol–water partition coefficient (Wildman–Crippen LogP) is 3.29. The summed E-state index contributed by atoms with van der Waals surface area (Å²) in [4.78, 5) is 23.6. The third-order valence-corrected chi connectivity index (χ3v) is 3.62. The van der Waals surface area contributed by atoms with Gasteiger partial charge in [0.05, 0.1) is 6.42 Å². The Balaban J connectivity index is 1.50. The first-order chi connectivity index (χ1) is 11.6. The van der Waals surface area contributed by atoms with E-state index in [9.17, 15) is 14.0 Å². The Morgan fingerprint density at radius 3 is 2.00 bits per heavy atom. The molecule has 1 fully saturated rings. The molecule has 124 valence electrons. The Morgan fingerprint density at radius 2 is 1.46 bits per heavy atom. The Bertz CT molecular complexity index is 725. The standard InChI is InChI=1S/C18H18FN3O2/c19-13-3-7-16(8-4-13)22-18(24)21-15-5-1-12(2-6-15)11-17(23)20-14-9-10-14/h1-8,14H,9-11H2,(H,20,23)(H2,21,22,24). The van der Waals surface area contributed by atoms with E-state index in [1.165, 1.54) is 24.3 Å². The zero-order chi connectivity index (χ0) is 16.9. The third kappa shape index (κ3) is 4.81. The molecule has 0 heterocycles. The largest absolute Gasteiger partial charge is 0.353 e. The number of halogens is 1. The average Bonchev–Trinajstić information content (AvgIpc) is 3.35. The highest BCUT2D eigenvalue weighted by atomic mass is 19.1. The fourth-order valence-corrected chi connectivity index (χ4v) is 2.22. The van der Waals surface area contributed by atoms with Crippen LogP contribution in [-0.2, 0) is 11.2 Å². The maximum atomic E-state index is 12.8. The number of urea groups is 1. The molecule has 3 amide bonds. The first-order valence-corrected chi connectivity index (χ1v) is 7.80. The monoisotopic (exact) mass is 327 g/mol. The number of hydrogen-bond donors (Lipinski definition) is 3. The summed E-state index contributed by atoms with van der Waals surface area (Å²) in [6.07, 6.45) is 2.47. The topological polar surface area (TPSA) is 70.2 Å². The molecule has 0 aromatic heterocycles. The van der Waals surface area contributed by atoms with Gasteiger partial charge in [0.25, 0.3) is 0 Å². The summed E-state index contributed by atoms with van der Waals surface area (Å²) in [7, 11) is 0. The lowest BCUT2D eigenvalue weighted by molar-refractivity contribution is -0.120. The molecule has 24 heavy (non-hydrogen) atoms. The maximum absolute atomic E-state index is 12.8. The molecule has 3 N–H and O–H groups in total. The summed E-state index contributed by atoms with van der Waals surface area (Å²) in [5.41, 5.74) is 2.00. The van der Waals surface area contributed by atoms with E-state index in [0.717, 1.165) is 18.4 Å². The first kappa shape index (κ1) is 16.0. The van der Waals surface area contributed by atoms with Crippen molar-refractivity contribution in [2.24, 2.45) is 0 Å². The van der Waals surface area contributed by atoms with Crippen LogP contribution in [0.2, 0.25) is 0 Å². The second kappa shape index (κ2) is 7.12. The summed E-state index contributed by atoms with van der Waals surface area (Å²) in [6.45, 7) is 0. The van der Waals surface area contributed by atoms with E-state index >= 15 is 0 Å². The number of carbonyl (C=O) groups is 2. The van der Waals surface area contributed by atoms with E-state index < -0.39 is 6.03 Å². The fraction of sp³-hybridized carbons (Fsp3) is 0.222. The fourth-order valence-electron chi connectivity index (χ4n) is 2.22. The van der Waals surface area contributed by atoms with Crippen molar-refractivity contribution in [1.82, 2.24) is 5.32 Å². The van der Waals surface area contributed by atoms with Crippen LogP contribution in [0.4, 0.5) is 20.6 Å². The van der Waals surface area contributed by atoms with Gasteiger partial charge in [-0.05, 0) is 54.8 Å². The van der Waals surface area contributed by atoms with Crippen LogP contribution in [0.15, 0.2) is 48.5 Å². The smallest absolute Gasteiger partial charge is 0.323 e. The van der Waals surface area contributed by atoms with Crippen LogP contribution in [0.1, 0.15) is 18.4 Å². The lowest BCUT2D eigenvalue weighted by Gasteiger charge is -2.08. The second-order valence-electron chi connectivity index (χ2n) is 5.80. The SMILES string of the molecule is O=C(Cc1ccc(NC(=O)Nc2ccc(F)cc2)cc1)NC1CC1. The number of carbonyl (C=O) groups excluding carboxylic acids is 2. The normalized spacial score (nSPS) is 13.2. The lowest BCUT2D eigenvalue weighted by Crippen LogP contribution is -2.26. The minimum atomic E-state index is -0.416. The molecule has 0 saturated heterocycles. The van der Waals surface area contributed by atoms with Crippen molar-refractivity contribution >= 4 is 23.3 Å². The first-order valence-electron chi connectivity index (χ1n) is 7.80. The maximum Gasteiger partial charge on any atom is 0.323 e. The van der Waals surface area contributed by atoms with Crippen LogP contribution in [-0.4, -0.2) is 18.0 Å². The van der Waals surface area contributed by atoms with Gasteiger partial charge in [0.1, 0.15) is 5.82 Å². The lowest BCUT2D eigenvalue weighted by atomic mass is 10.1. The van der Waals surface area contributed by atoms with Crippen molar-refractivity contribution in [3.05, 3.63) is 59.9 Å². The molecule has 0 unspecified atom stereocenters. The molecule has 6 heteroatoms. The number of benzene rings is 2. The highest BCUT2D eigenvalue weighted by Gasteiger charge is 2.22. The van der Waals surface area contributed by atoms with E-state index in [0.29, 0.717) is 23.8 Å². The molecule has 2 aromatic rings. The number of rotatable bonds is 5. The molecular weight excluding hydrogens is 309 g/mol. The van der Waals surface area contributed by atoms with Crippen molar-refractivity contribution < 1.29 is 14.0 Å². The van der Waals surface area contributed by atoms with Crippen LogP contribution < -0.4 is 16.0 Å². The molecule has 0 aliphatic heterocycles. The molecule has 2 aromatic carbocycles. The van der Waals surface area contributed by atoms with Crippen molar-refractivity contribution in [2.75, 3.05) is 10.6 Å². The molecule has 1 saturated carbocycles. The average molecular weight is 327 g/mol. The van der Waals surface area contributed by atoms with Gasteiger partial charge in [0.15, 0.2) is 0 Å². The Hall–Kier alpha value is -2.89. The van der Waals surface area contributed by atoms with Crippen molar-refractivity contribution in [3.8, 4) is 0 Å². The van der Waals surface area contributed by atoms with E-state index in [-0.39, 0.29) is 11.7 Å². The Labute approximate surface area is 139 Å². The van der Waals surface area contributed by atoms with Gasteiger partial charge in [0, 0.05) is 17.4 Å². The third-order valence-electron chi connectivity index (χ3n) is 3.62. The Morgan fingerprint density at radius 1 is 0.917 bits per heavy atom. The van der Waals surface area contributed by atoms with Crippen LogP contribution >= 0.6 is 0 Å². The van der Waals surface area contributed by atoms with Crippen LogP contribution in [0.25, 0.3) is 0 Å². The van der Waals surface area contributed by atoms with Crippen molar-refractivity contribution in [3.63, 3.8) is 0 Å². The second-order valence-corrected chi connectivity index (χ2v) is 5.80. The van der Waals surface area contributed by atoms with Crippen molar-refractivity contribution in [1.29, 1.82) is 0 Å². The van der Waals surface area contributed by atoms with Crippen molar-refractivity contribution in [2.45, 2.75) is 25.3 Å². The molecule has 0 atom stereocenters. The zero-order valence-corrected chi connectivity index (χ0v) is 13.0. The molecule has 1 aliphatic carbocycles. The minimum Gasteiger partial charge on any atom is -0.353 e. The van der Waals surface area contributed by atoms with Crippen LogP contribution in [0.3, 0.4) is 0 Å². The highest BCUT2D eigenvalue weighted by Crippen LogP contribution is 2.19. The molecule has 1 aliphatic rings. The van der Waals surface area contributed by atoms with Gasteiger partial charge in [-0.2, -0.15) is 0 Å². The van der Waals surface area contributed by atoms with Gasteiger partial charge in [-0.15, -0.1) is 0 Å². The van der Waals surface area contributed by atoms with Gasteiger partial charge < -0.3 is 16.0 Å². The van der Waals surface area contributed by atoms with Gasteiger partial charge >= 0.3 is 6.03 Å².